The molecule has 27 heavy (non-hydrogen) atoms. The molecule has 2 amide bonds. The van der Waals surface area contributed by atoms with E-state index in [9.17, 15) is 9.59 Å². The molecular formula is C20H14BrClN2O2S. The maximum Gasteiger partial charge on any atom is 0.268 e. The van der Waals surface area contributed by atoms with Crippen LogP contribution in [0.5, 0.6) is 0 Å². The van der Waals surface area contributed by atoms with Gasteiger partial charge in [0.05, 0.1) is 15.5 Å². The summed E-state index contributed by atoms with van der Waals surface area (Å²) >= 11 is 10.9. The minimum absolute atomic E-state index is 0.0152. The standard InChI is InChI=1S/C20H14BrClN2O2S/c21-13-3-5-16(22)15(11-13)19(25)23-14-4-6-17-12(10-14)7-8-24(17)20(26)18-2-1-9-27-18/h1-6,9-11H,7-8H2,(H,23,25). The third kappa shape index (κ3) is 3.65. The van der Waals surface area contributed by atoms with Gasteiger partial charge in [0, 0.05) is 22.4 Å². The van der Waals surface area contributed by atoms with Crippen molar-refractivity contribution in [2.75, 3.05) is 16.8 Å². The number of hydrogen-bond acceptors (Lipinski definition) is 3. The second kappa shape index (κ2) is 7.46. The monoisotopic (exact) mass is 460 g/mol. The van der Waals surface area contributed by atoms with Gasteiger partial charge in [0.25, 0.3) is 11.8 Å². The highest BCUT2D eigenvalue weighted by Gasteiger charge is 2.26. The summed E-state index contributed by atoms with van der Waals surface area (Å²) in [6.07, 6.45) is 0.758. The molecule has 4 rings (SSSR count). The fourth-order valence-corrected chi connectivity index (χ4v) is 4.33. The minimum Gasteiger partial charge on any atom is -0.322 e. The van der Waals surface area contributed by atoms with Crippen molar-refractivity contribution < 1.29 is 9.59 Å². The summed E-state index contributed by atoms with van der Waals surface area (Å²) < 4.78 is 0.786. The molecule has 136 valence electrons. The number of fused-ring (bicyclic) bond motifs is 1. The molecule has 3 aromatic rings. The second-order valence-corrected chi connectivity index (χ2v) is 8.38. The Bertz CT molecular complexity index is 1040. The molecule has 1 aromatic heterocycles. The number of amides is 2. The van der Waals surface area contributed by atoms with Crippen LogP contribution < -0.4 is 10.2 Å². The summed E-state index contributed by atoms with van der Waals surface area (Å²) in [4.78, 5) is 27.7. The van der Waals surface area contributed by atoms with Crippen molar-refractivity contribution in [2.45, 2.75) is 6.42 Å². The lowest BCUT2D eigenvalue weighted by Gasteiger charge is -2.17. The lowest BCUT2D eigenvalue weighted by atomic mass is 10.1. The second-order valence-electron chi connectivity index (χ2n) is 6.11. The molecule has 4 nitrogen and oxygen atoms in total. The van der Waals surface area contributed by atoms with Gasteiger partial charge in [-0.25, -0.2) is 0 Å². The number of hydrogen-bond donors (Lipinski definition) is 1. The Balaban J connectivity index is 1.55. The largest absolute Gasteiger partial charge is 0.322 e. The molecule has 0 saturated carbocycles. The van der Waals surface area contributed by atoms with E-state index >= 15 is 0 Å². The molecular weight excluding hydrogens is 448 g/mol. The maximum atomic E-state index is 12.6. The van der Waals surface area contributed by atoms with Crippen molar-refractivity contribution in [2.24, 2.45) is 0 Å². The predicted molar refractivity (Wildman–Crippen MR) is 113 cm³/mol. The number of nitrogens with one attached hydrogen (secondary N) is 1. The lowest BCUT2D eigenvalue weighted by Crippen LogP contribution is -2.28. The van der Waals surface area contributed by atoms with E-state index in [1.807, 2.05) is 35.7 Å². The third-order valence-corrected chi connectivity index (χ3v) is 6.06. The molecule has 0 spiro atoms. The van der Waals surface area contributed by atoms with Gasteiger partial charge in [0.15, 0.2) is 0 Å². The number of benzene rings is 2. The highest BCUT2D eigenvalue weighted by Crippen LogP contribution is 2.32. The molecule has 1 N–H and O–H groups in total. The van der Waals surface area contributed by atoms with Crippen LogP contribution in [0.4, 0.5) is 11.4 Å². The maximum absolute atomic E-state index is 12.6. The number of carbonyl (C=O) groups excluding carboxylic acids is 2. The van der Waals surface area contributed by atoms with Gasteiger partial charge in [0.1, 0.15) is 0 Å². The van der Waals surface area contributed by atoms with Crippen LogP contribution in [0.25, 0.3) is 0 Å². The zero-order valence-electron chi connectivity index (χ0n) is 14.0. The first-order valence-electron chi connectivity index (χ1n) is 8.27. The van der Waals surface area contributed by atoms with Crippen LogP contribution in [-0.4, -0.2) is 18.4 Å². The van der Waals surface area contributed by atoms with Crippen LogP contribution in [0.15, 0.2) is 58.4 Å². The van der Waals surface area contributed by atoms with E-state index in [2.05, 4.69) is 21.2 Å². The van der Waals surface area contributed by atoms with E-state index in [0.29, 0.717) is 22.8 Å². The summed E-state index contributed by atoms with van der Waals surface area (Å²) in [6.45, 7) is 0.640. The first kappa shape index (κ1) is 18.2. The molecule has 0 unspecified atom stereocenters. The molecule has 1 aliphatic rings. The minimum atomic E-state index is -0.272. The molecule has 2 heterocycles. The van der Waals surface area contributed by atoms with Crippen molar-refractivity contribution in [3.8, 4) is 0 Å². The Morgan fingerprint density at radius 1 is 1.15 bits per heavy atom. The molecule has 0 fully saturated rings. The molecule has 0 saturated heterocycles. The number of anilines is 2. The van der Waals surface area contributed by atoms with Crippen LogP contribution in [-0.2, 0) is 6.42 Å². The zero-order chi connectivity index (χ0) is 19.0. The molecule has 0 aliphatic carbocycles. The molecule has 1 aliphatic heterocycles. The van der Waals surface area contributed by atoms with Crippen LogP contribution in [0.3, 0.4) is 0 Å². The van der Waals surface area contributed by atoms with Crippen LogP contribution in [0.2, 0.25) is 5.02 Å². The van der Waals surface area contributed by atoms with Gasteiger partial charge in [-0.15, -0.1) is 11.3 Å². The van der Waals surface area contributed by atoms with Gasteiger partial charge in [-0.2, -0.15) is 0 Å². The quantitative estimate of drug-likeness (QED) is 0.550. The molecule has 0 atom stereocenters. The highest BCUT2D eigenvalue weighted by atomic mass is 79.9. The first-order valence-corrected chi connectivity index (χ1v) is 10.3. The summed E-state index contributed by atoms with van der Waals surface area (Å²) in [6, 6.07) is 14.5. The van der Waals surface area contributed by atoms with Gasteiger partial charge in [-0.05, 0) is 59.8 Å². The van der Waals surface area contributed by atoms with Gasteiger partial charge in [-0.1, -0.05) is 33.6 Å². The number of nitrogens with zero attached hydrogens (tertiary/aromatic N) is 1. The Morgan fingerprint density at radius 3 is 2.78 bits per heavy atom. The van der Waals surface area contributed by atoms with Crippen molar-refractivity contribution in [3.63, 3.8) is 0 Å². The van der Waals surface area contributed by atoms with Crippen molar-refractivity contribution >= 4 is 62.1 Å². The molecule has 2 aromatic carbocycles. The SMILES string of the molecule is O=C(Nc1ccc2c(c1)CCN2C(=O)c1cccs1)c1cc(Br)ccc1Cl. The third-order valence-electron chi connectivity index (χ3n) is 4.38. The van der Waals surface area contributed by atoms with Gasteiger partial charge in [-0.3, -0.25) is 9.59 Å². The number of carbonyl (C=O) groups is 2. The van der Waals surface area contributed by atoms with Crippen LogP contribution >= 0.6 is 38.9 Å². The molecule has 0 radical (unpaired) electrons. The average molecular weight is 462 g/mol. The van der Waals surface area contributed by atoms with Gasteiger partial charge < -0.3 is 10.2 Å². The van der Waals surface area contributed by atoms with Crippen molar-refractivity contribution in [3.05, 3.63) is 79.4 Å². The van der Waals surface area contributed by atoms with E-state index in [1.165, 1.54) is 11.3 Å². The smallest absolute Gasteiger partial charge is 0.268 e. The topological polar surface area (TPSA) is 49.4 Å². The summed E-state index contributed by atoms with van der Waals surface area (Å²) in [5, 5.41) is 5.17. The molecule has 7 heteroatoms. The van der Waals surface area contributed by atoms with E-state index in [0.717, 1.165) is 27.0 Å². The summed E-state index contributed by atoms with van der Waals surface area (Å²) in [7, 11) is 0. The zero-order valence-corrected chi connectivity index (χ0v) is 17.2. The summed E-state index contributed by atoms with van der Waals surface area (Å²) in [5.41, 5.74) is 3.02. The van der Waals surface area contributed by atoms with Crippen molar-refractivity contribution in [1.29, 1.82) is 0 Å². The van der Waals surface area contributed by atoms with Gasteiger partial charge >= 0.3 is 0 Å². The summed E-state index contributed by atoms with van der Waals surface area (Å²) in [5.74, 6) is -0.257. The van der Waals surface area contributed by atoms with Crippen LogP contribution in [0, 0.1) is 0 Å². The number of rotatable bonds is 3. The lowest BCUT2D eigenvalue weighted by molar-refractivity contribution is 0.0991. The fraction of sp³-hybridized carbons (Fsp3) is 0.100. The highest BCUT2D eigenvalue weighted by molar-refractivity contribution is 9.10. The Labute approximate surface area is 173 Å². The predicted octanol–water partition coefficient (Wildman–Crippen LogP) is 5.62. The van der Waals surface area contributed by atoms with Crippen LogP contribution in [0.1, 0.15) is 25.6 Å². The number of thiophene rings is 1. The number of halogens is 2. The first-order chi connectivity index (χ1) is 13.0. The Kier molecular flexibility index (Phi) is 5.04. The fourth-order valence-electron chi connectivity index (χ4n) is 3.09. The van der Waals surface area contributed by atoms with Crippen molar-refractivity contribution in [1.82, 2.24) is 0 Å². The van der Waals surface area contributed by atoms with E-state index in [-0.39, 0.29) is 11.8 Å². The average Bonchev–Trinajstić information content (AvgIpc) is 3.32. The van der Waals surface area contributed by atoms with E-state index < -0.39 is 0 Å². The Morgan fingerprint density at radius 2 is 2.00 bits per heavy atom. The Hall–Kier alpha value is -2.15. The van der Waals surface area contributed by atoms with E-state index in [4.69, 9.17) is 11.6 Å². The molecule has 0 bridgehead atoms. The normalized spacial score (nSPS) is 12.7. The van der Waals surface area contributed by atoms with E-state index in [1.54, 1.807) is 23.1 Å². The van der Waals surface area contributed by atoms with Gasteiger partial charge in [0.2, 0.25) is 0 Å².